The van der Waals surface area contributed by atoms with Crippen molar-refractivity contribution in [2.24, 2.45) is 5.73 Å². The van der Waals surface area contributed by atoms with Crippen molar-refractivity contribution in [2.75, 3.05) is 7.11 Å². The van der Waals surface area contributed by atoms with Crippen LogP contribution < -0.4 is 5.73 Å². The molecule has 0 fully saturated rings. The molecule has 1 aromatic carbocycles. The molecule has 0 aliphatic rings. The highest BCUT2D eigenvalue weighted by Crippen LogP contribution is 2.20. The number of hydrogen-bond donors (Lipinski definition) is 1. The van der Waals surface area contributed by atoms with Gasteiger partial charge >= 0.3 is 0 Å². The summed E-state index contributed by atoms with van der Waals surface area (Å²) in [5.41, 5.74) is 6.80. The summed E-state index contributed by atoms with van der Waals surface area (Å²) < 4.78 is 18.3. The minimum absolute atomic E-state index is 0.0446. The summed E-state index contributed by atoms with van der Waals surface area (Å²) in [6.07, 6.45) is 1.84. The lowest BCUT2D eigenvalue weighted by atomic mass is 9.99. The Labute approximate surface area is 90.2 Å². The highest BCUT2D eigenvalue weighted by atomic mass is 19.1. The van der Waals surface area contributed by atoms with Crippen molar-refractivity contribution in [3.63, 3.8) is 0 Å². The molecule has 2 nitrogen and oxygen atoms in total. The topological polar surface area (TPSA) is 35.2 Å². The van der Waals surface area contributed by atoms with Crippen molar-refractivity contribution in [1.29, 1.82) is 0 Å². The van der Waals surface area contributed by atoms with Gasteiger partial charge in [0.15, 0.2) is 0 Å². The zero-order chi connectivity index (χ0) is 11.3. The number of rotatable bonds is 5. The lowest BCUT2D eigenvalue weighted by molar-refractivity contribution is 0.0724. The molecule has 2 unspecified atom stereocenters. The summed E-state index contributed by atoms with van der Waals surface area (Å²) in [6, 6.07) is 6.12. The lowest BCUT2D eigenvalue weighted by Crippen LogP contribution is -2.28. The van der Waals surface area contributed by atoms with E-state index in [0.717, 1.165) is 18.4 Å². The molecule has 0 aromatic heterocycles. The van der Waals surface area contributed by atoms with Gasteiger partial charge in [0.1, 0.15) is 5.82 Å². The second-order valence-corrected chi connectivity index (χ2v) is 3.64. The minimum Gasteiger partial charge on any atom is -0.379 e. The average molecular weight is 211 g/mol. The van der Waals surface area contributed by atoms with Crippen LogP contribution in [0.15, 0.2) is 24.3 Å². The first-order valence-corrected chi connectivity index (χ1v) is 5.22. The molecule has 84 valence electrons. The molecule has 0 saturated heterocycles. The highest BCUT2D eigenvalue weighted by molar-refractivity contribution is 5.20. The Hall–Kier alpha value is -0.930. The predicted octanol–water partition coefficient (Wildman–Crippen LogP) is 2.64. The van der Waals surface area contributed by atoms with E-state index in [9.17, 15) is 4.39 Å². The molecule has 0 aliphatic carbocycles. The van der Waals surface area contributed by atoms with E-state index < -0.39 is 0 Å². The molecular formula is C12H18FNO. The van der Waals surface area contributed by atoms with Gasteiger partial charge in [-0.2, -0.15) is 0 Å². The van der Waals surface area contributed by atoms with Gasteiger partial charge in [-0.15, -0.1) is 0 Å². The summed E-state index contributed by atoms with van der Waals surface area (Å²) in [7, 11) is 1.64. The number of nitrogens with two attached hydrogens (primary N) is 1. The van der Waals surface area contributed by atoms with E-state index in [0.29, 0.717) is 0 Å². The van der Waals surface area contributed by atoms with E-state index >= 15 is 0 Å². The Kier molecular flexibility index (Phi) is 4.72. The standard InChI is InChI=1S/C12H18FNO/c1-3-5-11(15-2)12(14)9-6-4-7-10(13)8-9/h4,6-8,11-12H,3,5,14H2,1-2H3. The SMILES string of the molecule is CCCC(OC)C(N)c1cccc(F)c1. The van der Waals surface area contributed by atoms with Crippen molar-refractivity contribution < 1.29 is 9.13 Å². The molecule has 1 aromatic rings. The summed E-state index contributed by atoms with van der Waals surface area (Å²) in [5.74, 6) is -0.255. The first kappa shape index (κ1) is 12.1. The van der Waals surface area contributed by atoms with E-state index in [1.807, 2.05) is 6.07 Å². The van der Waals surface area contributed by atoms with Gasteiger partial charge in [0, 0.05) is 7.11 Å². The van der Waals surface area contributed by atoms with Gasteiger partial charge in [-0.25, -0.2) is 4.39 Å². The molecule has 0 heterocycles. The fraction of sp³-hybridized carbons (Fsp3) is 0.500. The van der Waals surface area contributed by atoms with Crippen LogP contribution in [0.4, 0.5) is 4.39 Å². The molecule has 15 heavy (non-hydrogen) atoms. The van der Waals surface area contributed by atoms with E-state index in [1.54, 1.807) is 13.2 Å². The molecule has 2 N–H and O–H groups in total. The first-order valence-electron chi connectivity index (χ1n) is 5.22. The molecule has 2 atom stereocenters. The van der Waals surface area contributed by atoms with Crippen LogP contribution in [0.2, 0.25) is 0 Å². The third-order valence-corrected chi connectivity index (χ3v) is 2.51. The zero-order valence-electron chi connectivity index (χ0n) is 9.24. The van der Waals surface area contributed by atoms with E-state index in [2.05, 4.69) is 6.92 Å². The molecule has 0 amide bonds. The maximum Gasteiger partial charge on any atom is 0.123 e. The second-order valence-electron chi connectivity index (χ2n) is 3.64. The Morgan fingerprint density at radius 2 is 2.20 bits per heavy atom. The summed E-state index contributed by atoms with van der Waals surface area (Å²) in [4.78, 5) is 0. The van der Waals surface area contributed by atoms with Crippen LogP contribution in [0, 0.1) is 5.82 Å². The smallest absolute Gasteiger partial charge is 0.123 e. The monoisotopic (exact) mass is 211 g/mol. The minimum atomic E-state index is -0.259. The maximum atomic E-state index is 13.0. The molecule has 0 spiro atoms. The van der Waals surface area contributed by atoms with Gasteiger partial charge in [0.2, 0.25) is 0 Å². The fourth-order valence-corrected chi connectivity index (χ4v) is 1.66. The molecule has 1 rings (SSSR count). The Bertz CT molecular complexity index is 303. The van der Waals surface area contributed by atoms with E-state index in [1.165, 1.54) is 12.1 Å². The first-order chi connectivity index (χ1) is 7.19. The van der Waals surface area contributed by atoms with E-state index in [-0.39, 0.29) is 18.0 Å². The summed E-state index contributed by atoms with van der Waals surface area (Å²) in [6.45, 7) is 2.07. The quantitative estimate of drug-likeness (QED) is 0.812. The molecule has 0 bridgehead atoms. The molecule has 0 saturated carbocycles. The Morgan fingerprint density at radius 3 is 2.73 bits per heavy atom. The number of halogens is 1. The zero-order valence-corrected chi connectivity index (χ0v) is 9.24. The molecular weight excluding hydrogens is 193 g/mol. The second kappa shape index (κ2) is 5.83. The molecule has 3 heteroatoms. The Morgan fingerprint density at radius 1 is 1.47 bits per heavy atom. The van der Waals surface area contributed by atoms with Gasteiger partial charge in [-0.3, -0.25) is 0 Å². The highest BCUT2D eigenvalue weighted by Gasteiger charge is 2.18. The van der Waals surface area contributed by atoms with Crippen molar-refractivity contribution >= 4 is 0 Å². The fourth-order valence-electron chi connectivity index (χ4n) is 1.66. The summed E-state index contributed by atoms with van der Waals surface area (Å²) in [5, 5.41) is 0. The normalized spacial score (nSPS) is 14.9. The van der Waals surface area contributed by atoms with Crippen LogP contribution in [-0.4, -0.2) is 13.2 Å². The van der Waals surface area contributed by atoms with Crippen LogP contribution in [0.25, 0.3) is 0 Å². The summed E-state index contributed by atoms with van der Waals surface area (Å²) >= 11 is 0. The number of hydrogen-bond acceptors (Lipinski definition) is 2. The van der Waals surface area contributed by atoms with Gasteiger partial charge in [0.25, 0.3) is 0 Å². The average Bonchev–Trinajstić information content (AvgIpc) is 2.25. The van der Waals surface area contributed by atoms with Crippen LogP contribution in [0.1, 0.15) is 31.4 Å². The van der Waals surface area contributed by atoms with Gasteiger partial charge < -0.3 is 10.5 Å². The third kappa shape index (κ3) is 3.29. The maximum absolute atomic E-state index is 13.0. The van der Waals surface area contributed by atoms with Gasteiger partial charge in [-0.05, 0) is 24.1 Å². The molecule has 0 radical (unpaired) electrons. The van der Waals surface area contributed by atoms with Crippen LogP contribution in [0.3, 0.4) is 0 Å². The lowest BCUT2D eigenvalue weighted by Gasteiger charge is -2.22. The predicted molar refractivity (Wildman–Crippen MR) is 59.0 cm³/mol. The number of benzene rings is 1. The van der Waals surface area contributed by atoms with Crippen molar-refractivity contribution in [3.05, 3.63) is 35.6 Å². The van der Waals surface area contributed by atoms with Crippen LogP contribution >= 0.6 is 0 Å². The van der Waals surface area contributed by atoms with Crippen molar-refractivity contribution in [2.45, 2.75) is 31.9 Å². The van der Waals surface area contributed by atoms with Crippen molar-refractivity contribution in [1.82, 2.24) is 0 Å². The van der Waals surface area contributed by atoms with Gasteiger partial charge in [-0.1, -0.05) is 25.5 Å². The Balaban J connectivity index is 2.77. The number of ether oxygens (including phenoxy) is 1. The van der Waals surface area contributed by atoms with Crippen molar-refractivity contribution in [3.8, 4) is 0 Å². The van der Waals surface area contributed by atoms with Crippen LogP contribution in [-0.2, 0) is 4.74 Å². The number of methoxy groups -OCH3 is 1. The van der Waals surface area contributed by atoms with Crippen LogP contribution in [0.5, 0.6) is 0 Å². The van der Waals surface area contributed by atoms with Gasteiger partial charge in [0.05, 0.1) is 12.1 Å². The van der Waals surface area contributed by atoms with E-state index in [4.69, 9.17) is 10.5 Å². The largest absolute Gasteiger partial charge is 0.379 e. The molecule has 0 aliphatic heterocycles. The third-order valence-electron chi connectivity index (χ3n) is 2.51.